The van der Waals surface area contributed by atoms with Crippen LogP contribution in [0, 0.1) is 0 Å². The number of benzene rings is 1. The third-order valence-electron chi connectivity index (χ3n) is 1.95. The Morgan fingerprint density at radius 2 is 2.12 bits per heavy atom. The first-order valence-electron chi connectivity index (χ1n) is 4.94. The number of carbonyl (C=O) groups excluding carboxylic acids is 1. The minimum atomic E-state index is -0.970. The molecule has 0 aliphatic heterocycles. The highest BCUT2D eigenvalue weighted by Gasteiger charge is 2.04. The zero-order valence-corrected chi connectivity index (χ0v) is 10.8. The van der Waals surface area contributed by atoms with Gasteiger partial charge in [-0.05, 0) is 23.8 Å². The van der Waals surface area contributed by atoms with E-state index in [0.717, 1.165) is 5.56 Å². The van der Waals surface area contributed by atoms with Gasteiger partial charge in [0.15, 0.2) is 0 Å². The molecular weight excluding hydrogens is 286 g/mol. The Hall–Kier alpha value is -1.62. The highest BCUT2D eigenvalue weighted by Crippen LogP contribution is 2.17. The number of rotatable bonds is 4. The molecular formula is C12H12BrNO3. The van der Waals surface area contributed by atoms with Crippen molar-refractivity contribution in [2.24, 2.45) is 0 Å². The average molecular weight is 298 g/mol. The summed E-state index contributed by atoms with van der Waals surface area (Å²) in [5.74, 6) is -1.07. The second-order valence-electron chi connectivity index (χ2n) is 3.42. The normalized spacial score (nSPS) is 10.5. The molecule has 1 aromatic carbocycles. The van der Waals surface area contributed by atoms with Crippen molar-refractivity contribution in [3.63, 3.8) is 0 Å². The van der Waals surface area contributed by atoms with E-state index in [0.29, 0.717) is 11.0 Å². The molecule has 0 aliphatic rings. The maximum absolute atomic E-state index is 10.8. The summed E-state index contributed by atoms with van der Waals surface area (Å²) in [5, 5.41) is 11.5. The molecule has 1 aromatic rings. The highest BCUT2D eigenvalue weighted by atomic mass is 79.9. The molecule has 0 aliphatic carbocycles. The van der Waals surface area contributed by atoms with E-state index >= 15 is 0 Å². The predicted molar refractivity (Wildman–Crippen MR) is 68.8 cm³/mol. The number of aromatic carboxylic acids is 1. The number of hydrogen-bond donors (Lipinski definition) is 2. The molecule has 0 saturated heterocycles. The molecule has 4 nitrogen and oxygen atoms in total. The van der Waals surface area contributed by atoms with Crippen LogP contribution in [0.15, 0.2) is 28.7 Å². The number of halogens is 1. The Kier molecular flexibility index (Phi) is 4.90. The van der Waals surface area contributed by atoms with Crippen molar-refractivity contribution in [1.29, 1.82) is 0 Å². The molecule has 1 rings (SSSR count). The molecule has 17 heavy (non-hydrogen) atoms. The molecule has 0 aromatic heterocycles. The van der Waals surface area contributed by atoms with E-state index in [-0.39, 0.29) is 11.5 Å². The van der Waals surface area contributed by atoms with Crippen LogP contribution in [0.3, 0.4) is 0 Å². The van der Waals surface area contributed by atoms with E-state index < -0.39 is 5.97 Å². The van der Waals surface area contributed by atoms with Gasteiger partial charge < -0.3 is 10.4 Å². The number of amides is 1. The smallest absolute Gasteiger partial charge is 0.335 e. The first-order valence-corrected chi connectivity index (χ1v) is 5.73. The number of carbonyl (C=O) groups is 2. The Bertz CT molecular complexity index is 469. The zero-order chi connectivity index (χ0) is 12.8. The molecule has 0 heterocycles. The highest BCUT2D eigenvalue weighted by molar-refractivity contribution is 9.10. The van der Waals surface area contributed by atoms with Crippen LogP contribution in [0.5, 0.6) is 0 Å². The van der Waals surface area contributed by atoms with Crippen LogP contribution >= 0.6 is 15.9 Å². The topological polar surface area (TPSA) is 66.4 Å². The van der Waals surface area contributed by atoms with Gasteiger partial charge in [-0.15, -0.1) is 0 Å². The van der Waals surface area contributed by atoms with Crippen molar-refractivity contribution in [2.45, 2.75) is 6.92 Å². The molecule has 0 bridgehead atoms. The summed E-state index contributed by atoms with van der Waals surface area (Å²) in [7, 11) is 0. The minimum absolute atomic E-state index is 0.102. The number of hydrogen-bond acceptors (Lipinski definition) is 2. The van der Waals surface area contributed by atoms with Gasteiger partial charge in [0.1, 0.15) is 0 Å². The first kappa shape index (κ1) is 13.4. The lowest BCUT2D eigenvalue weighted by molar-refractivity contribution is -0.118. The molecule has 2 N–H and O–H groups in total. The first-order chi connectivity index (χ1) is 7.99. The molecule has 5 heteroatoms. The van der Waals surface area contributed by atoms with Crippen LogP contribution in [0.4, 0.5) is 0 Å². The molecule has 0 fully saturated rings. The number of carboxylic acids is 1. The number of carboxylic acid groups (broad SMARTS) is 1. The van der Waals surface area contributed by atoms with Crippen LogP contribution < -0.4 is 5.32 Å². The van der Waals surface area contributed by atoms with Gasteiger partial charge in [-0.1, -0.05) is 28.1 Å². The lowest BCUT2D eigenvalue weighted by atomic mass is 10.1. The molecule has 90 valence electrons. The Morgan fingerprint density at radius 3 is 2.71 bits per heavy atom. The van der Waals surface area contributed by atoms with Gasteiger partial charge in [0.05, 0.1) is 5.56 Å². The fourth-order valence-corrected chi connectivity index (χ4v) is 1.74. The van der Waals surface area contributed by atoms with E-state index in [1.54, 1.807) is 24.3 Å². The lowest BCUT2D eigenvalue weighted by Crippen LogP contribution is -2.19. The third kappa shape index (κ3) is 4.82. The SMILES string of the molecule is CC(=O)NCC=Cc1cc(Br)cc(C(=O)O)c1. The second kappa shape index (κ2) is 6.20. The maximum atomic E-state index is 10.8. The van der Waals surface area contributed by atoms with Crippen molar-refractivity contribution in [2.75, 3.05) is 6.54 Å². The molecule has 0 atom stereocenters. The van der Waals surface area contributed by atoms with Crippen molar-refractivity contribution < 1.29 is 14.7 Å². The fraction of sp³-hybridized carbons (Fsp3) is 0.167. The summed E-state index contributed by atoms with van der Waals surface area (Å²) in [6.45, 7) is 1.86. The average Bonchev–Trinajstić information content (AvgIpc) is 2.23. The van der Waals surface area contributed by atoms with E-state index in [9.17, 15) is 9.59 Å². The van der Waals surface area contributed by atoms with Gasteiger partial charge in [0.25, 0.3) is 0 Å². The van der Waals surface area contributed by atoms with E-state index in [1.807, 2.05) is 0 Å². The van der Waals surface area contributed by atoms with Gasteiger partial charge in [-0.2, -0.15) is 0 Å². The fourth-order valence-electron chi connectivity index (χ4n) is 1.23. The summed E-state index contributed by atoms with van der Waals surface area (Å²) in [4.78, 5) is 21.4. The van der Waals surface area contributed by atoms with Crippen LogP contribution in [0.1, 0.15) is 22.8 Å². The van der Waals surface area contributed by atoms with Gasteiger partial charge in [-0.25, -0.2) is 4.79 Å². The second-order valence-corrected chi connectivity index (χ2v) is 4.33. The van der Waals surface area contributed by atoms with Gasteiger partial charge >= 0.3 is 5.97 Å². The molecule has 1 amide bonds. The Morgan fingerprint density at radius 1 is 1.41 bits per heavy atom. The largest absolute Gasteiger partial charge is 0.478 e. The van der Waals surface area contributed by atoms with Crippen molar-refractivity contribution in [3.8, 4) is 0 Å². The van der Waals surface area contributed by atoms with Crippen molar-refractivity contribution in [1.82, 2.24) is 5.32 Å². The summed E-state index contributed by atoms with van der Waals surface area (Å²) < 4.78 is 0.705. The van der Waals surface area contributed by atoms with Crippen molar-refractivity contribution in [3.05, 3.63) is 39.9 Å². The predicted octanol–water partition coefficient (Wildman–Crippen LogP) is 2.30. The lowest BCUT2D eigenvalue weighted by Gasteiger charge is -2.00. The van der Waals surface area contributed by atoms with Gasteiger partial charge in [0, 0.05) is 17.9 Å². The molecule has 0 spiro atoms. The van der Waals surface area contributed by atoms with Crippen LogP contribution in [-0.4, -0.2) is 23.5 Å². The Balaban J connectivity index is 2.77. The molecule has 0 unspecified atom stereocenters. The summed E-state index contributed by atoms with van der Waals surface area (Å²) >= 11 is 3.25. The van der Waals surface area contributed by atoms with Crippen LogP contribution in [0.25, 0.3) is 6.08 Å². The summed E-state index contributed by atoms with van der Waals surface area (Å²) in [6.07, 6.45) is 3.52. The van der Waals surface area contributed by atoms with Crippen molar-refractivity contribution >= 4 is 33.9 Å². The molecule has 0 radical (unpaired) electrons. The summed E-state index contributed by atoms with van der Waals surface area (Å²) in [5.41, 5.74) is 0.987. The Labute approximate surface area is 107 Å². The van der Waals surface area contributed by atoms with E-state index in [1.165, 1.54) is 13.0 Å². The standard InChI is InChI=1S/C12H12BrNO3/c1-8(15)14-4-2-3-9-5-10(12(16)17)7-11(13)6-9/h2-3,5-7H,4H2,1H3,(H,14,15)(H,16,17). The molecule has 0 saturated carbocycles. The van der Waals surface area contributed by atoms with Crippen LogP contribution in [0.2, 0.25) is 0 Å². The maximum Gasteiger partial charge on any atom is 0.335 e. The van der Waals surface area contributed by atoms with E-state index in [4.69, 9.17) is 5.11 Å². The van der Waals surface area contributed by atoms with E-state index in [2.05, 4.69) is 21.2 Å². The zero-order valence-electron chi connectivity index (χ0n) is 9.24. The quantitative estimate of drug-likeness (QED) is 0.896. The minimum Gasteiger partial charge on any atom is -0.478 e. The monoisotopic (exact) mass is 297 g/mol. The van der Waals surface area contributed by atoms with Crippen LogP contribution in [-0.2, 0) is 4.79 Å². The third-order valence-corrected chi connectivity index (χ3v) is 2.40. The summed E-state index contributed by atoms with van der Waals surface area (Å²) in [6, 6.07) is 4.90. The number of nitrogens with one attached hydrogen (secondary N) is 1. The van der Waals surface area contributed by atoms with Gasteiger partial charge in [-0.3, -0.25) is 4.79 Å². The van der Waals surface area contributed by atoms with Gasteiger partial charge in [0.2, 0.25) is 5.91 Å².